The predicted octanol–water partition coefficient (Wildman–Crippen LogP) is 3.18. The zero-order valence-corrected chi connectivity index (χ0v) is 13.7. The van der Waals surface area contributed by atoms with Gasteiger partial charge in [-0.2, -0.15) is 0 Å². The molecule has 1 saturated heterocycles. The molecule has 1 aromatic heterocycles. The Morgan fingerprint density at radius 2 is 1.57 bits per heavy atom. The quantitative estimate of drug-likeness (QED) is 0.833. The number of hydrogen-bond acceptors (Lipinski definition) is 3. The minimum Gasteiger partial charge on any atom is -0.459 e. The summed E-state index contributed by atoms with van der Waals surface area (Å²) in [6.45, 7) is 1.86. The Hall–Kier alpha value is -1.98. The van der Waals surface area contributed by atoms with E-state index in [1.165, 1.54) is 6.26 Å². The van der Waals surface area contributed by atoms with Crippen molar-refractivity contribution in [2.45, 2.75) is 0 Å². The fourth-order valence-corrected chi connectivity index (χ4v) is 2.78. The van der Waals surface area contributed by atoms with E-state index in [1.54, 1.807) is 40.1 Å². The van der Waals surface area contributed by atoms with Gasteiger partial charge in [0.25, 0.3) is 11.8 Å². The van der Waals surface area contributed by atoms with E-state index in [9.17, 15) is 9.59 Å². The van der Waals surface area contributed by atoms with Crippen LogP contribution in [0.4, 0.5) is 0 Å². The molecule has 0 spiro atoms. The highest BCUT2D eigenvalue weighted by molar-refractivity contribution is 6.42. The molecule has 2 amide bonds. The molecule has 0 saturated carbocycles. The van der Waals surface area contributed by atoms with Crippen LogP contribution in [0.15, 0.2) is 41.0 Å². The molecule has 1 aromatic carbocycles. The molecule has 1 fully saturated rings. The van der Waals surface area contributed by atoms with Gasteiger partial charge in [-0.25, -0.2) is 0 Å². The number of nitrogens with zero attached hydrogens (tertiary/aromatic N) is 2. The molecular weight excluding hydrogens is 339 g/mol. The molecule has 0 aliphatic carbocycles. The first-order valence-corrected chi connectivity index (χ1v) is 7.89. The first-order valence-electron chi connectivity index (χ1n) is 7.13. The average molecular weight is 353 g/mol. The lowest BCUT2D eigenvalue weighted by Crippen LogP contribution is -2.50. The lowest BCUT2D eigenvalue weighted by molar-refractivity contribution is 0.0518. The Bertz CT molecular complexity index is 723. The SMILES string of the molecule is O=C(c1ccc(Cl)c(Cl)c1)N1CCN(C(=O)c2ccco2)CC1. The van der Waals surface area contributed by atoms with E-state index in [2.05, 4.69) is 0 Å². The van der Waals surface area contributed by atoms with Crippen LogP contribution in [0.3, 0.4) is 0 Å². The van der Waals surface area contributed by atoms with E-state index < -0.39 is 0 Å². The van der Waals surface area contributed by atoms with Crippen molar-refractivity contribution in [3.63, 3.8) is 0 Å². The van der Waals surface area contributed by atoms with Crippen LogP contribution in [0.5, 0.6) is 0 Å². The molecule has 1 aliphatic heterocycles. The summed E-state index contributed by atoms with van der Waals surface area (Å²) < 4.78 is 5.12. The van der Waals surface area contributed by atoms with Crippen LogP contribution in [-0.2, 0) is 0 Å². The molecule has 2 heterocycles. The average Bonchev–Trinajstić information content (AvgIpc) is 3.11. The highest BCUT2D eigenvalue weighted by atomic mass is 35.5. The van der Waals surface area contributed by atoms with Crippen molar-refractivity contribution >= 4 is 35.0 Å². The molecule has 0 unspecified atom stereocenters. The van der Waals surface area contributed by atoms with Crippen molar-refractivity contribution in [1.29, 1.82) is 0 Å². The summed E-state index contributed by atoms with van der Waals surface area (Å²) in [7, 11) is 0. The molecule has 0 bridgehead atoms. The Balaban J connectivity index is 1.63. The first-order chi connectivity index (χ1) is 11.1. The number of carbonyl (C=O) groups is 2. The van der Waals surface area contributed by atoms with Gasteiger partial charge < -0.3 is 14.2 Å². The van der Waals surface area contributed by atoms with Gasteiger partial charge in [-0.1, -0.05) is 23.2 Å². The number of rotatable bonds is 2. The van der Waals surface area contributed by atoms with Gasteiger partial charge in [0.15, 0.2) is 5.76 Å². The number of benzene rings is 1. The molecule has 0 atom stereocenters. The lowest BCUT2D eigenvalue weighted by Gasteiger charge is -2.34. The largest absolute Gasteiger partial charge is 0.459 e. The first kappa shape index (κ1) is 15.9. The lowest BCUT2D eigenvalue weighted by atomic mass is 10.1. The van der Waals surface area contributed by atoms with Crippen LogP contribution in [0, 0.1) is 0 Å². The number of amides is 2. The maximum Gasteiger partial charge on any atom is 0.289 e. The number of furan rings is 1. The van der Waals surface area contributed by atoms with E-state index in [4.69, 9.17) is 27.6 Å². The third-order valence-electron chi connectivity index (χ3n) is 3.75. The second-order valence-corrected chi connectivity index (χ2v) is 6.00. The molecule has 2 aromatic rings. The van der Waals surface area contributed by atoms with Crippen molar-refractivity contribution in [3.05, 3.63) is 58.0 Å². The van der Waals surface area contributed by atoms with Gasteiger partial charge in [0.05, 0.1) is 16.3 Å². The fraction of sp³-hybridized carbons (Fsp3) is 0.250. The molecular formula is C16H14Cl2N2O3. The van der Waals surface area contributed by atoms with Crippen LogP contribution in [-0.4, -0.2) is 47.8 Å². The van der Waals surface area contributed by atoms with Gasteiger partial charge >= 0.3 is 0 Å². The minimum absolute atomic E-state index is 0.117. The Labute approximate surface area is 143 Å². The third-order valence-corrected chi connectivity index (χ3v) is 4.49. The van der Waals surface area contributed by atoms with Gasteiger partial charge in [0, 0.05) is 31.7 Å². The fourth-order valence-electron chi connectivity index (χ4n) is 2.48. The summed E-state index contributed by atoms with van der Waals surface area (Å²) in [5, 5.41) is 0.765. The molecule has 0 N–H and O–H groups in total. The van der Waals surface area contributed by atoms with Gasteiger partial charge in [-0.3, -0.25) is 9.59 Å². The van der Waals surface area contributed by atoms with Crippen molar-refractivity contribution in [2.24, 2.45) is 0 Å². The van der Waals surface area contributed by atoms with E-state index in [1.807, 2.05) is 0 Å². The molecule has 7 heteroatoms. The minimum atomic E-state index is -0.156. The summed E-state index contributed by atoms with van der Waals surface area (Å²) in [5.41, 5.74) is 0.491. The zero-order valence-electron chi connectivity index (χ0n) is 12.2. The van der Waals surface area contributed by atoms with Gasteiger partial charge in [-0.15, -0.1) is 0 Å². The summed E-state index contributed by atoms with van der Waals surface area (Å²) in [6, 6.07) is 8.13. The maximum atomic E-state index is 12.5. The molecule has 1 aliphatic rings. The summed E-state index contributed by atoms with van der Waals surface area (Å²) in [5.74, 6) is 0.0413. The number of piperazine rings is 1. The summed E-state index contributed by atoms with van der Waals surface area (Å²) in [6.07, 6.45) is 1.47. The topological polar surface area (TPSA) is 53.8 Å². The Kier molecular flexibility index (Phi) is 4.59. The molecule has 5 nitrogen and oxygen atoms in total. The standard InChI is InChI=1S/C16H14Cl2N2O3/c17-12-4-3-11(10-13(12)18)15(21)19-5-7-20(8-6-19)16(22)14-2-1-9-23-14/h1-4,9-10H,5-8H2. The molecule has 3 rings (SSSR count). The highest BCUT2D eigenvalue weighted by Gasteiger charge is 2.26. The van der Waals surface area contributed by atoms with E-state index in [-0.39, 0.29) is 11.8 Å². The normalized spacial score (nSPS) is 14.9. The second kappa shape index (κ2) is 6.64. The number of carbonyl (C=O) groups excluding carboxylic acids is 2. The van der Waals surface area contributed by atoms with Crippen molar-refractivity contribution in [2.75, 3.05) is 26.2 Å². The van der Waals surface area contributed by atoms with Crippen LogP contribution in [0.25, 0.3) is 0 Å². The smallest absolute Gasteiger partial charge is 0.289 e. The van der Waals surface area contributed by atoms with Crippen molar-refractivity contribution in [3.8, 4) is 0 Å². The van der Waals surface area contributed by atoms with E-state index in [0.717, 1.165) is 0 Å². The van der Waals surface area contributed by atoms with Gasteiger partial charge in [-0.05, 0) is 30.3 Å². The zero-order chi connectivity index (χ0) is 16.4. The number of halogens is 2. The monoisotopic (exact) mass is 352 g/mol. The van der Waals surface area contributed by atoms with Crippen molar-refractivity contribution < 1.29 is 14.0 Å². The van der Waals surface area contributed by atoms with E-state index in [0.29, 0.717) is 47.5 Å². The highest BCUT2D eigenvalue weighted by Crippen LogP contribution is 2.23. The summed E-state index contributed by atoms with van der Waals surface area (Å²) >= 11 is 11.8. The molecule has 0 radical (unpaired) electrons. The Morgan fingerprint density at radius 1 is 0.913 bits per heavy atom. The molecule has 23 heavy (non-hydrogen) atoms. The van der Waals surface area contributed by atoms with Crippen LogP contribution in [0.1, 0.15) is 20.9 Å². The second-order valence-electron chi connectivity index (χ2n) is 5.19. The maximum absolute atomic E-state index is 12.5. The van der Waals surface area contributed by atoms with Crippen LogP contribution >= 0.6 is 23.2 Å². The van der Waals surface area contributed by atoms with Crippen molar-refractivity contribution in [1.82, 2.24) is 9.80 Å². The predicted molar refractivity (Wildman–Crippen MR) is 87.0 cm³/mol. The summed E-state index contributed by atoms with van der Waals surface area (Å²) in [4.78, 5) is 28.0. The Morgan fingerprint density at radius 3 is 2.13 bits per heavy atom. The molecule has 120 valence electrons. The van der Waals surface area contributed by atoms with E-state index >= 15 is 0 Å². The van der Waals surface area contributed by atoms with Crippen LogP contribution in [0.2, 0.25) is 10.0 Å². The van der Waals surface area contributed by atoms with Gasteiger partial charge in [0.1, 0.15) is 0 Å². The third kappa shape index (κ3) is 3.35. The number of hydrogen-bond donors (Lipinski definition) is 0. The van der Waals surface area contributed by atoms with Crippen LogP contribution < -0.4 is 0 Å². The van der Waals surface area contributed by atoms with Gasteiger partial charge in [0.2, 0.25) is 0 Å².